The minimum Gasteiger partial charge on any atom is -0.496 e. The molecule has 0 heterocycles. The van der Waals surface area contributed by atoms with E-state index >= 15 is 0 Å². The van der Waals surface area contributed by atoms with Crippen molar-refractivity contribution in [3.05, 3.63) is 29.8 Å². The smallest absolute Gasteiger partial charge is 0.248 e. The number of para-hydroxylation sites is 1. The van der Waals surface area contributed by atoms with E-state index < -0.39 is 0 Å². The molecule has 0 bridgehead atoms. The number of benzene rings is 1. The average Bonchev–Trinajstić information content (AvgIpc) is 2.47. The van der Waals surface area contributed by atoms with Gasteiger partial charge in [0, 0.05) is 19.7 Å². The Morgan fingerprint density at radius 3 is 2.70 bits per heavy atom. The Bertz CT molecular complexity index is 420. The Morgan fingerprint density at radius 2 is 2.05 bits per heavy atom. The van der Waals surface area contributed by atoms with E-state index in [1.165, 1.54) is 0 Å². The van der Waals surface area contributed by atoms with Crippen LogP contribution < -0.4 is 4.74 Å². The summed E-state index contributed by atoms with van der Waals surface area (Å²) in [6, 6.07) is 8.00. The van der Waals surface area contributed by atoms with Crippen molar-refractivity contribution in [1.82, 2.24) is 4.90 Å². The summed E-state index contributed by atoms with van der Waals surface area (Å²) in [4.78, 5) is 13.7. The zero-order valence-corrected chi connectivity index (χ0v) is 12.9. The Labute approximate surface area is 121 Å². The number of nitrogens with zero attached hydrogens (tertiary/aromatic N) is 1. The van der Waals surface area contributed by atoms with Gasteiger partial charge < -0.3 is 14.4 Å². The lowest BCUT2D eigenvalue weighted by Gasteiger charge is -2.25. The Kier molecular flexibility index (Phi) is 7.09. The van der Waals surface area contributed by atoms with Crippen LogP contribution in [0.25, 0.3) is 0 Å². The summed E-state index contributed by atoms with van der Waals surface area (Å²) in [6.45, 7) is 4.84. The summed E-state index contributed by atoms with van der Waals surface area (Å²) in [5.41, 5.74) is 1.11. The van der Waals surface area contributed by atoms with Crippen LogP contribution in [-0.4, -0.2) is 44.2 Å². The molecule has 1 aromatic carbocycles. The second-order valence-corrected chi connectivity index (χ2v) is 4.92. The van der Waals surface area contributed by atoms with Crippen LogP contribution in [0.2, 0.25) is 0 Å². The number of likely N-dealkylation sites (N-methyl/N-ethyl adjacent to an activating group) is 1. The molecule has 0 fully saturated rings. The molecule has 1 unspecified atom stereocenters. The number of ether oxygens (including phenoxy) is 2. The van der Waals surface area contributed by atoms with Crippen molar-refractivity contribution in [1.29, 1.82) is 0 Å². The molecule has 1 atom stereocenters. The van der Waals surface area contributed by atoms with Crippen LogP contribution >= 0.6 is 0 Å². The lowest BCUT2D eigenvalue weighted by atomic mass is 10.1. The first-order chi connectivity index (χ1) is 9.60. The topological polar surface area (TPSA) is 38.8 Å². The lowest BCUT2D eigenvalue weighted by Crippen LogP contribution is -2.38. The van der Waals surface area contributed by atoms with E-state index in [0.717, 1.165) is 24.2 Å². The summed E-state index contributed by atoms with van der Waals surface area (Å²) in [7, 11) is 3.48. The van der Waals surface area contributed by atoms with E-state index in [1.807, 2.05) is 45.2 Å². The van der Waals surface area contributed by atoms with Gasteiger partial charge in [0.1, 0.15) is 12.4 Å². The fourth-order valence-corrected chi connectivity index (χ4v) is 1.98. The lowest BCUT2D eigenvalue weighted by molar-refractivity contribution is -0.136. The zero-order chi connectivity index (χ0) is 15.0. The maximum Gasteiger partial charge on any atom is 0.248 e. The summed E-state index contributed by atoms with van der Waals surface area (Å²) in [5, 5.41) is 0. The van der Waals surface area contributed by atoms with Crippen LogP contribution in [0.3, 0.4) is 0 Å². The van der Waals surface area contributed by atoms with Gasteiger partial charge >= 0.3 is 0 Å². The molecule has 4 nitrogen and oxygen atoms in total. The molecule has 0 aliphatic rings. The molecule has 0 N–H and O–H groups in total. The van der Waals surface area contributed by atoms with Gasteiger partial charge in [0.05, 0.1) is 7.11 Å². The zero-order valence-electron chi connectivity index (χ0n) is 12.9. The molecule has 0 saturated carbocycles. The van der Waals surface area contributed by atoms with Gasteiger partial charge in [0.15, 0.2) is 0 Å². The second-order valence-electron chi connectivity index (χ2n) is 4.92. The maximum atomic E-state index is 12.0. The minimum atomic E-state index is 0.0147. The molecule has 1 rings (SSSR count). The van der Waals surface area contributed by atoms with Crippen molar-refractivity contribution in [3.8, 4) is 5.75 Å². The number of hydrogen-bond acceptors (Lipinski definition) is 3. The molecule has 112 valence electrons. The number of hydrogen-bond donors (Lipinski definition) is 0. The average molecular weight is 279 g/mol. The number of rotatable bonds is 8. The number of carbonyl (C=O) groups excluding carboxylic acids is 1. The van der Waals surface area contributed by atoms with E-state index in [2.05, 4.69) is 0 Å². The molecule has 1 aromatic rings. The van der Waals surface area contributed by atoms with E-state index in [1.54, 1.807) is 12.0 Å². The van der Waals surface area contributed by atoms with Crippen LogP contribution in [0.1, 0.15) is 25.8 Å². The van der Waals surface area contributed by atoms with Crippen molar-refractivity contribution < 1.29 is 14.3 Å². The summed E-state index contributed by atoms with van der Waals surface area (Å²) in [6.07, 6.45) is 1.69. The SMILES string of the molecule is CCCOCC(=O)N(C)C(C)Cc1ccccc1OC. The molecule has 0 saturated heterocycles. The fraction of sp³-hybridized carbons (Fsp3) is 0.562. The fourth-order valence-electron chi connectivity index (χ4n) is 1.98. The van der Waals surface area contributed by atoms with Crippen LogP contribution in [0.15, 0.2) is 24.3 Å². The Balaban J connectivity index is 2.56. The first-order valence-electron chi connectivity index (χ1n) is 7.05. The third kappa shape index (κ3) is 4.85. The Morgan fingerprint density at radius 1 is 1.35 bits per heavy atom. The molecule has 0 spiro atoms. The van der Waals surface area contributed by atoms with Crippen LogP contribution in [0.4, 0.5) is 0 Å². The first-order valence-corrected chi connectivity index (χ1v) is 7.05. The maximum absolute atomic E-state index is 12.0. The highest BCUT2D eigenvalue weighted by Crippen LogP contribution is 2.20. The monoisotopic (exact) mass is 279 g/mol. The third-order valence-corrected chi connectivity index (χ3v) is 3.34. The summed E-state index contributed by atoms with van der Waals surface area (Å²) < 4.78 is 10.6. The summed E-state index contributed by atoms with van der Waals surface area (Å²) >= 11 is 0. The molecule has 0 aromatic heterocycles. The van der Waals surface area contributed by atoms with Gasteiger partial charge in [0.25, 0.3) is 0 Å². The van der Waals surface area contributed by atoms with Crippen molar-refractivity contribution in [3.63, 3.8) is 0 Å². The van der Waals surface area contributed by atoms with Gasteiger partial charge in [-0.1, -0.05) is 25.1 Å². The molecule has 0 aliphatic carbocycles. The first kappa shape index (κ1) is 16.5. The third-order valence-electron chi connectivity index (χ3n) is 3.34. The minimum absolute atomic E-state index is 0.0147. The predicted octanol–water partition coefficient (Wildman–Crippen LogP) is 2.51. The van der Waals surface area contributed by atoms with Crippen LogP contribution in [0, 0.1) is 0 Å². The van der Waals surface area contributed by atoms with E-state index in [-0.39, 0.29) is 18.6 Å². The highest BCUT2D eigenvalue weighted by Gasteiger charge is 2.17. The van der Waals surface area contributed by atoms with Gasteiger partial charge in [-0.25, -0.2) is 0 Å². The largest absolute Gasteiger partial charge is 0.496 e. The second kappa shape index (κ2) is 8.59. The Hall–Kier alpha value is -1.55. The quantitative estimate of drug-likeness (QED) is 0.686. The van der Waals surface area contributed by atoms with Crippen molar-refractivity contribution in [2.75, 3.05) is 27.4 Å². The normalized spacial score (nSPS) is 12.0. The number of carbonyl (C=O) groups is 1. The van der Waals surface area contributed by atoms with Gasteiger partial charge in [-0.2, -0.15) is 0 Å². The predicted molar refractivity (Wildman–Crippen MR) is 80.0 cm³/mol. The highest BCUT2D eigenvalue weighted by molar-refractivity contribution is 5.77. The summed E-state index contributed by atoms with van der Waals surface area (Å²) in [5.74, 6) is 0.878. The molecule has 4 heteroatoms. The van der Waals surface area contributed by atoms with E-state index in [9.17, 15) is 4.79 Å². The van der Waals surface area contributed by atoms with Crippen LogP contribution in [-0.2, 0) is 16.0 Å². The number of methoxy groups -OCH3 is 1. The molecule has 0 radical (unpaired) electrons. The van der Waals surface area contributed by atoms with Gasteiger partial charge in [-0.15, -0.1) is 0 Å². The number of amides is 1. The molecular weight excluding hydrogens is 254 g/mol. The molecule has 20 heavy (non-hydrogen) atoms. The van der Waals surface area contributed by atoms with Crippen molar-refractivity contribution >= 4 is 5.91 Å². The molecule has 0 aliphatic heterocycles. The van der Waals surface area contributed by atoms with Gasteiger partial charge in [-0.3, -0.25) is 4.79 Å². The van der Waals surface area contributed by atoms with Gasteiger partial charge in [0.2, 0.25) is 5.91 Å². The van der Waals surface area contributed by atoms with Crippen LogP contribution in [0.5, 0.6) is 5.75 Å². The van der Waals surface area contributed by atoms with Crippen molar-refractivity contribution in [2.24, 2.45) is 0 Å². The molecule has 1 amide bonds. The molecular formula is C16H25NO3. The van der Waals surface area contributed by atoms with Crippen molar-refractivity contribution in [2.45, 2.75) is 32.7 Å². The standard InChI is InChI=1S/C16H25NO3/c1-5-10-20-12-16(18)17(3)13(2)11-14-8-6-7-9-15(14)19-4/h6-9,13H,5,10-12H2,1-4H3. The van der Waals surface area contributed by atoms with Gasteiger partial charge in [-0.05, 0) is 31.4 Å². The highest BCUT2D eigenvalue weighted by atomic mass is 16.5. The van der Waals surface area contributed by atoms with E-state index in [4.69, 9.17) is 9.47 Å². The van der Waals surface area contributed by atoms with E-state index in [0.29, 0.717) is 6.61 Å².